The van der Waals surface area contributed by atoms with E-state index in [1.165, 1.54) is 5.56 Å². The second-order valence-electron chi connectivity index (χ2n) is 8.60. The Hall–Kier alpha value is -2.97. The molecular weight excluding hydrogens is 516 g/mol. The molecule has 0 spiro atoms. The molecule has 1 amide bonds. The van der Waals surface area contributed by atoms with Crippen LogP contribution in [0.4, 0.5) is 5.82 Å². The highest BCUT2D eigenvalue weighted by molar-refractivity contribution is 9.10. The van der Waals surface area contributed by atoms with E-state index < -0.39 is 0 Å². The van der Waals surface area contributed by atoms with Gasteiger partial charge in [-0.2, -0.15) is 0 Å². The Labute approximate surface area is 211 Å². The molecule has 9 heteroatoms. The third kappa shape index (κ3) is 4.79. The molecule has 1 saturated heterocycles. The van der Waals surface area contributed by atoms with Crippen LogP contribution >= 0.6 is 27.5 Å². The van der Waals surface area contributed by atoms with Gasteiger partial charge in [-0.3, -0.25) is 4.79 Å². The number of carbonyl (C=O) groups excluding carboxylic acids is 1. The molecule has 1 N–H and O–H groups in total. The second-order valence-corrected chi connectivity index (χ2v) is 9.86. The number of piperidine rings is 1. The molecule has 0 saturated carbocycles. The Bertz CT molecular complexity index is 1340. The quantitative estimate of drug-likeness (QED) is 0.383. The van der Waals surface area contributed by atoms with Gasteiger partial charge in [0.05, 0.1) is 22.0 Å². The third-order valence-electron chi connectivity index (χ3n) is 6.14. The number of halogens is 2. The van der Waals surface area contributed by atoms with Crippen molar-refractivity contribution in [1.29, 1.82) is 0 Å². The van der Waals surface area contributed by atoms with E-state index >= 15 is 0 Å². The summed E-state index contributed by atoms with van der Waals surface area (Å²) < 4.78 is 2.67. The smallest absolute Gasteiger partial charge is 0.225 e. The van der Waals surface area contributed by atoms with Crippen LogP contribution in [0.2, 0.25) is 5.02 Å². The summed E-state index contributed by atoms with van der Waals surface area (Å²) in [4.78, 5) is 24.1. The largest absolute Gasteiger partial charge is 0.355 e. The fraction of sp³-hybridized carbons (Fsp3) is 0.280. The number of amides is 1. The number of rotatable bonds is 5. The number of hydrogen-bond donors (Lipinski definition) is 1. The summed E-state index contributed by atoms with van der Waals surface area (Å²) in [5, 5.41) is 9.23. The fourth-order valence-electron chi connectivity index (χ4n) is 4.27. The van der Waals surface area contributed by atoms with Crippen molar-refractivity contribution >= 4 is 50.3 Å². The SMILES string of the molecule is Cc1ccc(-n2cc3c(N4CCCC(C(=O)NCc5ccc(Br)c(Cl)c5)C4)ncnc3n2)cc1. The van der Waals surface area contributed by atoms with Crippen LogP contribution in [0.3, 0.4) is 0 Å². The van der Waals surface area contributed by atoms with Crippen LogP contribution in [0.5, 0.6) is 0 Å². The van der Waals surface area contributed by atoms with Crippen molar-refractivity contribution in [3.63, 3.8) is 0 Å². The maximum atomic E-state index is 13.0. The fourth-order valence-corrected chi connectivity index (χ4v) is 4.72. The predicted octanol–water partition coefficient (Wildman–Crippen LogP) is 5.07. The molecule has 1 aliphatic rings. The normalized spacial score (nSPS) is 16.1. The number of benzene rings is 2. The van der Waals surface area contributed by atoms with Gasteiger partial charge in [0.25, 0.3) is 0 Å². The summed E-state index contributed by atoms with van der Waals surface area (Å²) in [5.74, 6) is 0.752. The van der Waals surface area contributed by atoms with Crippen LogP contribution in [-0.4, -0.2) is 38.7 Å². The maximum Gasteiger partial charge on any atom is 0.225 e. The molecule has 1 atom stereocenters. The summed E-state index contributed by atoms with van der Waals surface area (Å²) >= 11 is 9.57. The molecule has 174 valence electrons. The summed E-state index contributed by atoms with van der Waals surface area (Å²) in [7, 11) is 0. The Morgan fingerprint density at radius 2 is 2.03 bits per heavy atom. The highest BCUT2D eigenvalue weighted by Gasteiger charge is 2.28. The maximum absolute atomic E-state index is 13.0. The van der Waals surface area contributed by atoms with Crippen molar-refractivity contribution < 1.29 is 4.79 Å². The van der Waals surface area contributed by atoms with E-state index in [1.54, 1.807) is 6.33 Å². The summed E-state index contributed by atoms with van der Waals surface area (Å²) in [6.45, 7) is 3.95. The first-order valence-electron chi connectivity index (χ1n) is 11.2. The molecule has 0 bridgehead atoms. The summed E-state index contributed by atoms with van der Waals surface area (Å²) in [6.07, 6.45) is 5.28. The van der Waals surface area contributed by atoms with E-state index in [-0.39, 0.29) is 11.8 Å². The van der Waals surface area contributed by atoms with Crippen LogP contribution < -0.4 is 10.2 Å². The molecule has 1 fully saturated rings. The van der Waals surface area contributed by atoms with Gasteiger partial charge in [-0.1, -0.05) is 35.4 Å². The minimum Gasteiger partial charge on any atom is -0.355 e. The Morgan fingerprint density at radius 3 is 2.82 bits per heavy atom. The molecule has 7 nitrogen and oxygen atoms in total. The molecule has 3 heterocycles. The predicted molar refractivity (Wildman–Crippen MR) is 137 cm³/mol. The van der Waals surface area contributed by atoms with E-state index in [9.17, 15) is 4.79 Å². The lowest BCUT2D eigenvalue weighted by Gasteiger charge is -2.33. The summed E-state index contributed by atoms with van der Waals surface area (Å²) in [5.41, 5.74) is 3.78. The van der Waals surface area contributed by atoms with Crippen LogP contribution in [-0.2, 0) is 11.3 Å². The Morgan fingerprint density at radius 1 is 1.21 bits per heavy atom. The molecule has 34 heavy (non-hydrogen) atoms. The van der Waals surface area contributed by atoms with Gasteiger partial charge in [0.1, 0.15) is 12.1 Å². The van der Waals surface area contributed by atoms with Crippen molar-refractivity contribution in [2.75, 3.05) is 18.0 Å². The lowest BCUT2D eigenvalue weighted by Crippen LogP contribution is -2.43. The highest BCUT2D eigenvalue weighted by atomic mass is 79.9. The standard InChI is InChI=1S/C25H24BrClN6O/c1-16-4-7-19(8-5-16)33-14-20-23(31-33)29-15-30-24(20)32-10-2-3-18(13-32)25(34)28-12-17-6-9-21(26)22(27)11-17/h4-9,11,14-15,18H,2-3,10,12-13H2,1H3,(H,28,34). The number of anilines is 1. The monoisotopic (exact) mass is 538 g/mol. The number of fused-ring (bicyclic) bond motifs is 1. The van der Waals surface area contributed by atoms with Crippen molar-refractivity contribution in [3.8, 4) is 5.69 Å². The van der Waals surface area contributed by atoms with Gasteiger partial charge in [0.15, 0.2) is 5.65 Å². The van der Waals surface area contributed by atoms with E-state index in [4.69, 9.17) is 11.6 Å². The third-order valence-corrected chi connectivity index (χ3v) is 7.37. The van der Waals surface area contributed by atoms with Gasteiger partial charge >= 0.3 is 0 Å². The highest BCUT2D eigenvalue weighted by Crippen LogP contribution is 2.28. The number of hydrogen-bond acceptors (Lipinski definition) is 5. The van der Waals surface area contributed by atoms with E-state index in [2.05, 4.69) is 60.3 Å². The molecule has 4 aromatic rings. The molecule has 0 radical (unpaired) electrons. The van der Waals surface area contributed by atoms with Crippen molar-refractivity contribution in [1.82, 2.24) is 25.1 Å². The number of aromatic nitrogens is 4. The molecular formula is C25H24BrClN6O. The zero-order valence-corrected chi connectivity index (χ0v) is 21.1. The first-order valence-corrected chi connectivity index (χ1v) is 12.4. The first kappa shape index (κ1) is 22.8. The number of aryl methyl sites for hydroxylation is 1. The van der Waals surface area contributed by atoms with Crippen LogP contribution in [0.1, 0.15) is 24.0 Å². The number of nitrogens with one attached hydrogen (secondary N) is 1. The van der Waals surface area contributed by atoms with Gasteiger partial charge in [0, 0.05) is 30.3 Å². The molecule has 5 rings (SSSR count). The number of nitrogens with zero attached hydrogens (tertiary/aromatic N) is 5. The van der Waals surface area contributed by atoms with Crippen molar-refractivity contribution in [2.24, 2.45) is 5.92 Å². The van der Waals surface area contributed by atoms with Crippen LogP contribution in [0.25, 0.3) is 16.7 Å². The minimum absolute atomic E-state index is 0.0457. The Kier molecular flexibility index (Phi) is 6.52. The van der Waals surface area contributed by atoms with Crippen molar-refractivity contribution in [3.05, 3.63) is 75.6 Å². The van der Waals surface area contributed by atoms with E-state index in [0.717, 1.165) is 46.3 Å². The van der Waals surface area contributed by atoms with E-state index in [1.807, 2.05) is 41.2 Å². The van der Waals surface area contributed by atoms with Gasteiger partial charge in [-0.15, -0.1) is 5.10 Å². The van der Waals surface area contributed by atoms with Gasteiger partial charge in [-0.25, -0.2) is 14.6 Å². The molecule has 1 unspecified atom stereocenters. The zero-order valence-electron chi connectivity index (χ0n) is 18.7. The summed E-state index contributed by atoms with van der Waals surface area (Å²) in [6, 6.07) is 13.9. The minimum atomic E-state index is -0.114. The van der Waals surface area contributed by atoms with Gasteiger partial charge in [0.2, 0.25) is 5.91 Å². The topological polar surface area (TPSA) is 75.9 Å². The molecule has 2 aromatic heterocycles. The molecule has 0 aliphatic carbocycles. The zero-order chi connectivity index (χ0) is 23.7. The average molecular weight is 540 g/mol. The van der Waals surface area contributed by atoms with Gasteiger partial charge in [-0.05, 0) is 65.5 Å². The second kappa shape index (κ2) is 9.72. The van der Waals surface area contributed by atoms with Crippen molar-refractivity contribution in [2.45, 2.75) is 26.3 Å². The average Bonchev–Trinajstić information content (AvgIpc) is 3.29. The van der Waals surface area contributed by atoms with Crippen LogP contribution in [0.15, 0.2) is 59.5 Å². The number of carbonyl (C=O) groups is 1. The van der Waals surface area contributed by atoms with E-state index in [0.29, 0.717) is 23.8 Å². The molecule has 2 aromatic carbocycles. The lowest BCUT2D eigenvalue weighted by molar-refractivity contribution is -0.125. The van der Waals surface area contributed by atoms with Crippen LogP contribution in [0, 0.1) is 12.8 Å². The first-order chi connectivity index (χ1) is 16.5. The Balaban J connectivity index is 1.31. The lowest BCUT2D eigenvalue weighted by atomic mass is 9.97. The molecule has 1 aliphatic heterocycles. The van der Waals surface area contributed by atoms with Gasteiger partial charge < -0.3 is 10.2 Å².